The topological polar surface area (TPSA) is 133 Å². The fourth-order valence-corrected chi connectivity index (χ4v) is 6.25. The third kappa shape index (κ3) is 5.75. The number of pyridine rings is 3. The molecule has 1 aliphatic heterocycles. The first kappa shape index (κ1) is 27.3. The molecule has 218 valence electrons. The fraction of sp³-hybridized carbons (Fsp3) is 0.258. The summed E-state index contributed by atoms with van der Waals surface area (Å²) in [6.07, 6.45) is 10.9. The maximum Gasteiger partial charge on any atom is 0.161 e. The van der Waals surface area contributed by atoms with Gasteiger partial charge >= 0.3 is 0 Å². The van der Waals surface area contributed by atoms with Crippen molar-refractivity contribution in [2.75, 3.05) is 25.1 Å². The van der Waals surface area contributed by atoms with E-state index in [-0.39, 0.29) is 12.2 Å². The van der Waals surface area contributed by atoms with Gasteiger partial charge in [-0.25, -0.2) is 22.8 Å². The summed E-state index contributed by atoms with van der Waals surface area (Å²) in [7, 11) is -3.19. The Morgan fingerprint density at radius 1 is 0.884 bits per heavy atom. The van der Waals surface area contributed by atoms with Gasteiger partial charge in [0.1, 0.15) is 21.2 Å². The number of fused-ring (bicyclic) bond motifs is 2. The van der Waals surface area contributed by atoms with Gasteiger partial charge in [0.15, 0.2) is 11.5 Å². The number of H-pyrrole nitrogens is 2. The van der Waals surface area contributed by atoms with Crippen LogP contribution in [0.3, 0.4) is 0 Å². The van der Waals surface area contributed by atoms with Gasteiger partial charge in [0.25, 0.3) is 0 Å². The van der Waals surface area contributed by atoms with Crippen molar-refractivity contribution in [3.05, 3.63) is 78.1 Å². The Labute approximate surface area is 247 Å². The Kier molecular flexibility index (Phi) is 6.94. The molecule has 0 saturated carbocycles. The summed E-state index contributed by atoms with van der Waals surface area (Å²) in [6.45, 7) is 3.11. The Balaban J connectivity index is 1.24. The zero-order chi connectivity index (χ0) is 29.6. The number of likely N-dealkylation sites (tertiary alicyclic amines) is 1. The standard InChI is InChI=1S/C31H29FN8O2S/c1-43(41,42)9-6-19-10-21(13-23(32)12-19)24-16-34-17-27-28(24)37-31(36-27)30-29-26(38-39-30)5-4-25(35-29)22-11-20(14-33-15-22)18-40-7-2-3-8-40/h4-5,10-17H,2-3,6-9,18H2,1H3,(H,36,37)(H,38,39). The monoisotopic (exact) mass is 596 g/mol. The van der Waals surface area contributed by atoms with E-state index in [1.807, 2.05) is 24.5 Å². The van der Waals surface area contributed by atoms with Crippen molar-refractivity contribution in [2.24, 2.45) is 0 Å². The van der Waals surface area contributed by atoms with E-state index in [1.54, 1.807) is 18.5 Å². The highest BCUT2D eigenvalue weighted by Crippen LogP contribution is 2.32. The lowest BCUT2D eigenvalue weighted by atomic mass is 10.0. The summed E-state index contributed by atoms with van der Waals surface area (Å²) in [5.74, 6) is -0.0252. The molecular weight excluding hydrogens is 567 g/mol. The lowest BCUT2D eigenvalue weighted by Crippen LogP contribution is -2.18. The van der Waals surface area contributed by atoms with Crippen LogP contribution in [0.2, 0.25) is 0 Å². The number of benzene rings is 1. The van der Waals surface area contributed by atoms with E-state index in [2.05, 4.69) is 36.1 Å². The summed E-state index contributed by atoms with van der Waals surface area (Å²) >= 11 is 0. The van der Waals surface area contributed by atoms with E-state index in [0.29, 0.717) is 44.8 Å². The Hall–Kier alpha value is -4.55. The van der Waals surface area contributed by atoms with Crippen molar-refractivity contribution < 1.29 is 12.8 Å². The lowest BCUT2D eigenvalue weighted by molar-refractivity contribution is 0.331. The number of nitrogens with one attached hydrogen (secondary N) is 2. The van der Waals surface area contributed by atoms with Gasteiger partial charge in [0, 0.05) is 42.5 Å². The molecule has 5 aromatic heterocycles. The molecule has 6 heterocycles. The average molecular weight is 597 g/mol. The Bertz CT molecular complexity index is 2080. The molecule has 12 heteroatoms. The highest BCUT2D eigenvalue weighted by molar-refractivity contribution is 7.90. The van der Waals surface area contributed by atoms with Crippen molar-refractivity contribution in [1.82, 2.24) is 40.0 Å². The zero-order valence-electron chi connectivity index (χ0n) is 23.5. The molecule has 0 atom stereocenters. The Morgan fingerprint density at radius 2 is 1.70 bits per heavy atom. The van der Waals surface area contributed by atoms with Gasteiger partial charge in [0.05, 0.1) is 34.2 Å². The minimum Gasteiger partial charge on any atom is -0.335 e. The molecule has 10 nitrogen and oxygen atoms in total. The molecule has 43 heavy (non-hydrogen) atoms. The molecule has 2 N–H and O–H groups in total. The van der Waals surface area contributed by atoms with Crippen LogP contribution in [0.1, 0.15) is 24.0 Å². The van der Waals surface area contributed by atoms with E-state index >= 15 is 0 Å². The lowest BCUT2D eigenvalue weighted by Gasteiger charge is -2.14. The van der Waals surface area contributed by atoms with E-state index in [0.717, 1.165) is 42.0 Å². The van der Waals surface area contributed by atoms with Gasteiger partial charge in [-0.3, -0.25) is 20.0 Å². The van der Waals surface area contributed by atoms with Crippen LogP contribution in [0.4, 0.5) is 4.39 Å². The van der Waals surface area contributed by atoms with Crippen molar-refractivity contribution in [3.8, 4) is 33.9 Å². The number of nitrogens with zero attached hydrogens (tertiary/aromatic N) is 6. The number of aromatic amines is 2. The first-order chi connectivity index (χ1) is 20.8. The van der Waals surface area contributed by atoms with E-state index in [4.69, 9.17) is 9.97 Å². The second-order valence-corrected chi connectivity index (χ2v) is 13.4. The van der Waals surface area contributed by atoms with Crippen LogP contribution in [-0.4, -0.2) is 73.5 Å². The molecule has 7 rings (SSSR count). The number of hydrogen-bond donors (Lipinski definition) is 2. The molecule has 0 bridgehead atoms. The number of aryl methyl sites for hydroxylation is 1. The van der Waals surface area contributed by atoms with Crippen LogP contribution in [-0.2, 0) is 22.8 Å². The normalized spacial score (nSPS) is 14.3. The van der Waals surface area contributed by atoms with Crippen LogP contribution in [0, 0.1) is 5.82 Å². The molecule has 1 aliphatic rings. The molecule has 1 saturated heterocycles. The fourth-order valence-electron chi connectivity index (χ4n) is 5.65. The van der Waals surface area contributed by atoms with Gasteiger partial charge in [-0.05, 0) is 79.4 Å². The highest BCUT2D eigenvalue weighted by Gasteiger charge is 2.19. The number of rotatable bonds is 8. The zero-order valence-corrected chi connectivity index (χ0v) is 24.3. The van der Waals surface area contributed by atoms with Gasteiger partial charge in [-0.1, -0.05) is 6.07 Å². The summed E-state index contributed by atoms with van der Waals surface area (Å²) in [5.41, 5.74) is 7.85. The predicted octanol–water partition coefficient (Wildman–Crippen LogP) is 4.95. The van der Waals surface area contributed by atoms with Crippen LogP contribution >= 0.6 is 0 Å². The third-order valence-corrected chi connectivity index (χ3v) is 8.70. The summed E-state index contributed by atoms with van der Waals surface area (Å²) in [4.78, 5) is 24.4. The highest BCUT2D eigenvalue weighted by atomic mass is 32.2. The summed E-state index contributed by atoms with van der Waals surface area (Å²) < 4.78 is 38.0. The van der Waals surface area contributed by atoms with Crippen LogP contribution < -0.4 is 0 Å². The van der Waals surface area contributed by atoms with E-state index in [1.165, 1.54) is 31.2 Å². The molecule has 0 aliphatic carbocycles. The van der Waals surface area contributed by atoms with Gasteiger partial charge in [-0.2, -0.15) is 5.10 Å². The summed E-state index contributed by atoms with van der Waals surface area (Å²) in [6, 6.07) is 10.6. The molecule has 0 spiro atoms. The smallest absolute Gasteiger partial charge is 0.161 e. The van der Waals surface area contributed by atoms with Gasteiger partial charge in [-0.15, -0.1) is 0 Å². The van der Waals surface area contributed by atoms with Gasteiger partial charge < -0.3 is 4.98 Å². The van der Waals surface area contributed by atoms with Crippen LogP contribution in [0.5, 0.6) is 0 Å². The Morgan fingerprint density at radius 3 is 2.53 bits per heavy atom. The van der Waals surface area contributed by atoms with Crippen LogP contribution in [0.15, 0.2) is 61.2 Å². The maximum absolute atomic E-state index is 14.6. The van der Waals surface area contributed by atoms with Crippen molar-refractivity contribution >= 4 is 31.9 Å². The quantitative estimate of drug-likeness (QED) is 0.252. The van der Waals surface area contributed by atoms with E-state index < -0.39 is 15.7 Å². The number of sulfone groups is 1. The van der Waals surface area contributed by atoms with Crippen molar-refractivity contribution in [3.63, 3.8) is 0 Å². The molecule has 6 aromatic rings. The maximum atomic E-state index is 14.6. The SMILES string of the molecule is CS(=O)(=O)CCc1cc(F)cc(-c2cncc3[nH]c(-c4n[nH]c5ccc(-c6cncc(CN7CCCC7)c6)nc45)nc23)c1. The first-order valence-electron chi connectivity index (χ1n) is 14.1. The summed E-state index contributed by atoms with van der Waals surface area (Å²) in [5, 5.41) is 7.57. The molecular formula is C31H29FN8O2S. The first-order valence-corrected chi connectivity index (χ1v) is 16.2. The molecule has 0 radical (unpaired) electrons. The third-order valence-electron chi connectivity index (χ3n) is 7.75. The van der Waals surface area contributed by atoms with Gasteiger partial charge in [0.2, 0.25) is 0 Å². The molecule has 0 unspecified atom stereocenters. The number of aromatic nitrogens is 7. The molecule has 0 amide bonds. The number of halogens is 1. The van der Waals surface area contributed by atoms with Crippen LogP contribution in [0.25, 0.3) is 56.0 Å². The predicted molar refractivity (Wildman–Crippen MR) is 163 cm³/mol. The van der Waals surface area contributed by atoms with Crippen molar-refractivity contribution in [2.45, 2.75) is 25.8 Å². The average Bonchev–Trinajstić information content (AvgIpc) is 3.75. The largest absolute Gasteiger partial charge is 0.335 e. The second-order valence-electron chi connectivity index (χ2n) is 11.1. The number of hydrogen-bond acceptors (Lipinski definition) is 8. The molecule has 1 aromatic carbocycles. The minimum atomic E-state index is -3.19. The second kappa shape index (κ2) is 10.9. The van der Waals surface area contributed by atoms with E-state index in [9.17, 15) is 12.8 Å². The van der Waals surface area contributed by atoms with Crippen molar-refractivity contribution in [1.29, 1.82) is 0 Å². The number of imidazole rings is 1. The minimum absolute atomic E-state index is 0.0646. The molecule has 1 fully saturated rings.